The summed E-state index contributed by atoms with van der Waals surface area (Å²) in [5.41, 5.74) is 0.851. The number of nitrogens with one attached hydrogen (secondary N) is 2. The minimum atomic E-state index is -2.51. The summed E-state index contributed by atoms with van der Waals surface area (Å²) in [7, 11) is -2.51. The first-order valence-electron chi connectivity index (χ1n) is 11.7. The van der Waals surface area contributed by atoms with Crippen LogP contribution in [0.5, 0.6) is 0 Å². The van der Waals surface area contributed by atoms with Gasteiger partial charge in [-0.05, 0) is 22.7 Å². The number of amides is 3. The molecule has 1 aliphatic heterocycles. The molecule has 1 aliphatic carbocycles. The lowest BCUT2D eigenvalue weighted by molar-refractivity contribution is -0.385. The normalized spacial score (nSPS) is 24.7. The number of fused-ring (bicyclic) bond motifs is 1. The maximum atomic E-state index is 12.9. The summed E-state index contributed by atoms with van der Waals surface area (Å²) in [5, 5.41) is 16.9. The Hall–Kier alpha value is -3.01. The van der Waals surface area contributed by atoms with Gasteiger partial charge >= 0.3 is 0 Å². The highest BCUT2D eigenvalue weighted by molar-refractivity contribution is 6.77. The van der Waals surface area contributed by atoms with Gasteiger partial charge in [-0.15, -0.1) is 0 Å². The van der Waals surface area contributed by atoms with Crippen LogP contribution in [0.2, 0.25) is 16.6 Å². The number of imide groups is 1. The summed E-state index contributed by atoms with van der Waals surface area (Å²) in [6.07, 6.45) is 2.22. The Bertz CT molecular complexity index is 1000. The molecule has 0 saturated carbocycles. The van der Waals surface area contributed by atoms with E-state index in [0.717, 1.165) is 0 Å². The van der Waals surface area contributed by atoms with Crippen molar-refractivity contribution in [1.82, 2.24) is 10.6 Å². The molecule has 4 atom stereocenters. The molecular formula is C24H33N3O6Si. The van der Waals surface area contributed by atoms with Crippen LogP contribution in [0, 0.1) is 22.0 Å². The summed E-state index contributed by atoms with van der Waals surface area (Å²) < 4.78 is 6.89. The van der Waals surface area contributed by atoms with Crippen molar-refractivity contribution in [2.75, 3.05) is 0 Å². The quantitative estimate of drug-likeness (QED) is 0.179. The van der Waals surface area contributed by atoms with E-state index in [4.69, 9.17) is 4.43 Å². The van der Waals surface area contributed by atoms with Crippen molar-refractivity contribution in [2.45, 2.75) is 70.1 Å². The summed E-state index contributed by atoms with van der Waals surface area (Å²) in [5.74, 6) is -3.20. The van der Waals surface area contributed by atoms with Gasteiger partial charge in [0.2, 0.25) is 18.2 Å². The fraction of sp³-hybridized carbons (Fsp3) is 0.542. The topological polar surface area (TPSA) is 128 Å². The highest BCUT2D eigenvalue weighted by Gasteiger charge is 2.56. The fourth-order valence-electron chi connectivity index (χ4n) is 6.05. The first-order chi connectivity index (χ1) is 16.0. The fourth-order valence-corrected chi connectivity index (χ4v) is 11.4. The highest BCUT2D eigenvalue weighted by atomic mass is 28.4. The van der Waals surface area contributed by atoms with E-state index in [1.807, 2.05) is 0 Å². The maximum absolute atomic E-state index is 12.9. The molecule has 3 rings (SSSR count). The van der Waals surface area contributed by atoms with Crippen molar-refractivity contribution < 1.29 is 23.7 Å². The molecule has 1 fully saturated rings. The minimum absolute atomic E-state index is 0.129. The number of nitro groups is 1. The van der Waals surface area contributed by atoms with E-state index in [9.17, 15) is 24.5 Å². The third-order valence-corrected chi connectivity index (χ3v) is 13.4. The average molecular weight is 488 g/mol. The Morgan fingerprint density at radius 1 is 1.03 bits per heavy atom. The van der Waals surface area contributed by atoms with Crippen molar-refractivity contribution in [3.8, 4) is 0 Å². The molecule has 0 unspecified atom stereocenters. The van der Waals surface area contributed by atoms with Gasteiger partial charge in [0.05, 0.1) is 28.6 Å². The molecule has 10 heteroatoms. The smallest absolute Gasteiger partial charge is 0.273 e. The molecule has 0 radical (unpaired) electrons. The number of carbonyl (C=O) groups is 3. The number of allylic oxidation sites excluding steroid dienone is 1. The molecule has 0 spiro atoms. The number of hydrogen-bond acceptors (Lipinski definition) is 6. The Morgan fingerprint density at radius 2 is 1.59 bits per heavy atom. The number of nitrogens with zero attached hydrogens (tertiary/aromatic N) is 1. The van der Waals surface area contributed by atoms with Crippen LogP contribution in [0.1, 0.15) is 53.0 Å². The predicted molar refractivity (Wildman–Crippen MR) is 129 cm³/mol. The lowest BCUT2D eigenvalue weighted by Gasteiger charge is -2.46. The van der Waals surface area contributed by atoms with Crippen molar-refractivity contribution in [2.24, 2.45) is 11.8 Å². The Labute approximate surface area is 200 Å². The summed E-state index contributed by atoms with van der Waals surface area (Å²) in [6.45, 7) is 12.7. The second-order valence-corrected chi connectivity index (χ2v) is 15.4. The van der Waals surface area contributed by atoms with Crippen LogP contribution in [0.25, 0.3) is 0 Å². The van der Waals surface area contributed by atoms with Gasteiger partial charge in [0.25, 0.3) is 14.0 Å². The van der Waals surface area contributed by atoms with Gasteiger partial charge in [-0.2, -0.15) is 0 Å². The summed E-state index contributed by atoms with van der Waals surface area (Å²) in [4.78, 5) is 48.7. The summed E-state index contributed by atoms with van der Waals surface area (Å²) in [6, 6.07) is 5.39. The second kappa shape index (κ2) is 9.69. The van der Waals surface area contributed by atoms with E-state index < -0.39 is 48.9 Å². The van der Waals surface area contributed by atoms with Crippen molar-refractivity contribution >= 4 is 32.2 Å². The van der Waals surface area contributed by atoms with E-state index in [1.54, 1.807) is 24.3 Å². The number of carbonyl (C=O) groups excluding carboxylic acids is 3. The Kier molecular flexibility index (Phi) is 7.30. The van der Waals surface area contributed by atoms with Gasteiger partial charge in [-0.25, -0.2) is 0 Å². The SMILES string of the molecule is CC(C)[Si](OC1=C[C@H](c2ccccc2[N+](=O)[O-])[C@@H]2C(=O)NC(=O)[C@@H]2[C@@H]1NC=O)(C(C)C)C(C)C. The van der Waals surface area contributed by atoms with Gasteiger partial charge in [0.1, 0.15) is 0 Å². The number of hydrogen-bond donors (Lipinski definition) is 2. The van der Waals surface area contributed by atoms with Gasteiger partial charge < -0.3 is 9.74 Å². The maximum Gasteiger partial charge on any atom is 0.273 e. The molecule has 1 saturated heterocycles. The number of rotatable bonds is 9. The lowest BCUT2D eigenvalue weighted by atomic mass is 9.71. The molecule has 34 heavy (non-hydrogen) atoms. The first kappa shape index (κ1) is 25.6. The van der Waals surface area contributed by atoms with E-state index in [2.05, 4.69) is 52.2 Å². The van der Waals surface area contributed by atoms with Crippen LogP contribution >= 0.6 is 0 Å². The summed E-state index contributed by atoms with van der Waals surface area (Å²) >= 11 is 0. The van der Waals surface area contributed by atoms with Crippen LogP contribution in [0.15, 0.2) is 36.1 Å². The molecule has 9 nitrogen and oxygen atoms in total. The van der Waals surface area contributed by atoms with Crippen LogP contribution in [0.3, 0.4) is 0 Å². The van der Waals surface area contributed by atoms with Crippen LogP contribution in [0.4, 0.5) is 5.69 Å². The van der Waals surface area contributed by atoms with Crippen LogP contribution in [-0.4, -0.2) is 37.5 Å². The second-order valence-electron chi connectivity index (χ2n) is 10.00. The molecule has 0 bridgehead atoms. The van der Waals surface area contributed by atoms with Crippen molar-refractivity contribution in [3.05, 3.63) is 51.8 Å². The predicted octanol–water partition coefficient (Wildman–Crippen LogP) is 3.77. The van der Waals surface area contributed by atoms with Gasteiger partial charge in [0.15, 0.2) is 0 Å². The Balaban J connectivity index is 2.26. The van der Waals surface area contributed by atoms with Gasteiger partial charge in [-0.3, -0.25) is 29.8 Å². The van der Waals surface area contributed by atoms with Crippen molar-refractivity contribution in [3.63, 3.8) is 0 Å². The van der Waals surface area contributed by atoms with E-state index in [1.165, 1.54) is 6.07 Å². The van der Waals surface area contributed by atoms with E-state index >= 15 is 0 Å². The van der Waals surface area contributed by atoms with Gasteiger partial charge in [-0.1, -0.05) is 59.7 Å². The monoisotopic (exact) mass is 487 g/mol. The average Bonchev–Trinajstić information content (AvgIpc) is 3.06. The third-order valence-electron chi connectivity index (χ3n) is 7.38. The van der Waals surface area contributed by atoms with Crippen LogP contribution in [-0.2, 0) is 18.8 Å². The molecule has 2 N–H and O–H groups in total. The molecule has 0 aromatic heterocycles. The minimum Gasteiger partial charge on any atom is -0.544 e. The zero-order valence-electron chi connectivity index (χ0n) is 20.4. The molecule has 1 aromatic carbocycles. The zero-order valence-corrected chi connectivity index (χ0v) is 21.4. The Morgan fingerprint density at radius 3 is 2.12 bits per heavy atom. The molecule has 2 aliphatic rings. The number of benzene rings is 1. The standard InChI is InChI=1S/C24H33N3O6Si/c1-13(2)34(14(3)4,15(5)6)33-19-11-17(16-9-7-8-10-18(16)27(31)32)20-21(22(19)25-12-28)24(30)26-23(20)29/h7-15,17,20-22H,1-6H3,(H,25,28)(H,26,29,30)/t17-,20+,21+,22-/m1/s1. The first-order valence-corrected chi connectivity index (χ1v) is 13.8. The molecule has 1 heterocycles. The van der Waals surface area contributed by atoms with Crippen LogP contribution < -0.4 is 10.6 Å². The van der Waals surface area contributed by atoms with Crippen molar-refractivity contribution in [1.29, 1.82) is 0 Å². The largest absolute Gasteiger partial charge is 0.544 e. The molecular weight excluding hydrogens is 454 g/mol. The molecule has 1 aromatic rings. The third kappa shape index (κ3) is 4.15. The van der Waals surface area contributed by atoms with Gasteiger partial charge in [0, 0.05) is 17.5 Å². The molecule has 184 valence electrons. The number of nitro benzene ring substituents is 1. The zero-order chi connectivity index (χ0) is 25.4. The van der Waals surface area contributed by atoms with E-state index in [0.29, 0.717) is 17.7 Å². The molecule has 3 amide bonds. The van der Waals surface area contributed by atoms with E-state index in [-0.39, 0.29) is 22.3 Å². The highest BCUT2D eigenvalue weighted by Crippen LogP contribution is 2.49. The number of para-hydroxylation sites is 1. The lowest BCUT2D eigenvalue weighted by Crippen LogP contribution is -2.53.